The van der Waals surface area contributed by atoms with Crippen LogP contribution in [0.2, 0.25) is 0 Å². The molecule has 6 nitrogen and oxygen atoms in total. The maximum atomic E-state index is 10.9. The summed E-state index contributed by atoms with van der Waals surface area (Å²) >= 11 is 0. The molecular weight excluding hydrogens is 220 g/mol. The van der Waals surface area contributed by atoms with Crippen LogP contribution < -0.4 is 11.1 Å². The normalized spacial score (nSPS) is 12.2. The van der Waals surface area contributed by atoms with E-state index in [9.17, 15) is 10.1 Å². The molecule has 17 heavy (non-hydrogen) atoms. The summed E-state index contributed by atoms with van der Waals surface area (Å²) in [6.45, 7) is 4.25. The minimum absolute atomic E-state index is 0.000414. The van der Waals surface area contributed by atoms with E-state index in [1.165, 1.54) is 6.07 Å². The molecule has 0 aliphatic rings. The van der Waals surface area contributed by atoms with Gasteiger partial charge in [0.25, 0.3) is 0 Å². The summed E-state index contributed by atoms with van der Waals surface area (Å²) in [7, 11) is 0. The van der Waals surface area contributed by atoms with Crippen LogP contribution in [0.15, 0.2) is 12.3 Å². The molecule has 0 fully saturated rings. The minimum atomic E-state index is -0.429. The second kappa shape index (κ2) is 6.15. The number of nitrogens with one attached hydrogen (secondary N) is 1. The van der Waals surface area contributed by atoms with Gasteiger partial charge in [0.2, 0.25) is 5.82 Å². The number of rotatable bonds is 6. The standard InChI is InChI=1S/C11H18N4O2/c1-3-4-9(6-12)14-11-10(15(16)17)5-8(2)7-13-11/h5,7,9H,3-4,6,12H2,1-2H3,(H,13,14). The minimum Gasteiger partial charge on any atom is -0.360 e. The van der Waals surface area contributed by atoms with Gasteiger partial charge in [-0.1, -0.05) is 13.3 Å². The Labute approximate surface area is 100 Å². The van der Waals surface area contributed by atoms with E-state index in [1.807, 2.05) is 6.92 Å². The molecule has 0 spiro atoms. The van der Waals surface area contributed by atoms with Crippen LogP contribution in [-0.2, 0) is 0 Å². The van der Waals surface area contributed by atoms with Gasteiger partial charge in [-0.2, -0.15) is 0 Å². The van der Waals surface area contributed by atoms with Gasteiger partial charge in [-0.05, 0) is 18.9 Å². The van der Waals surface area contributed by atoms with Crippen LogP contribution in [-0.4, -0.2) is 22.5 Å². The molecular formula is C11H18N4O2. The molecule has 3 N–H and O–H groups in total. The first-order valence-electron chi connectivity index (χ1n) is 5.66. The van der Waals surface area contributed by atoms with E-state index in [4.69, 9.17) is 5.73 Å². The Bertz CT molecular complexity index is 395. The van der Waals surface area contributed by atoms with Gasteiger partial charge in [0.05, 0.1) is 4.92 Å². The van der Waals surface area contributed by atoms with Crippen LogP contribution in [0.5, 0.6) is 0 Å². The highest BCUT2D eigenvalue weighted by Gasteiger charge is 2.17. The van der Waals surface area contributed by atoms with Gasteiger partial charge in [0, 0.05) is 24.8 Å². The second-order valence-corrected chi connectivity index (χ2v) is 4.00. The molecule has 1 unspecified atom stereocenters. The van der Waals surface area contributed by atoms with Crippen molar-refractivity contribution in [3.8, 4) is 0 Å². The lowest BCUT2D eigenvalue weighted by Crippen LogP contribution is -2.29. The quantitative estimate of drug-likeness (QED) is 0.582. The number of nitro groups is 1. The van der Waals surface area contributed by atoms with Crippen LogP contribution in [0.25, 0.3) is 0 Å². The summed E-state index contributed by atoms with van der Waals surface area (Å²) in [5.74, 6) is 0.296. The van der Waals surface area contributed by atoms with E-state index >= 15 is 0 Å². The van der Waals surface area contributed by atoms with Crippen molar-refractivity contribution in [3.63, 3.8) is 0 Å². The summed E-state index contributed by atoms with van der Waals surface area (Å²) in [5.41, 5.74) is 6.37. The number of nitrogens with zero attached hydrogens (tertiary/aromatic N) is 2. The van der Waals surface area contributed by atoms with E-state index in [0.717, 1.165) is 18.4 Å². The summed E-state index contributed by atoms with van der Waals surface area (Å²) in [6, 6.07) is 1.53. The third-order valence-electron chi connectivity index (χ3n) is 2.46. The van der Waals surface area contributed by atoms with Crippen LogP contribution in [0.1, 0.15) is 25.3 Å². The molecule has 0 aliphatic carbocycles. The monoisotopic (exact) mass is 238 g/mol. The van der Waals surface area contributed by atoms with Crippen molar-refractivity contribution in [1.82, 2.24) is 4.98 Å². The van der Waals surface area contributed by atoms with Crippen molar-refractivity contribution in [3.05, 3.63) is 27.9 Å². The predicted molar refractivity (Wildman–Crippen MR) is 67.0 cm³/mol. The number of hydrogen-bond donors (Lipinski definition) is 2. The van der Waals surface area contributed by atoms with Crippen LogP contribution in [0.3, 0.4) is 0 Å². The molecule has 94 valence electrons. The van der Waals surface area contributed by atoms with Crippen molar-refractivity contribution >= 4 is 11.5 Å². The Morgan fingerprint density at radius 1 is 1.65 bits per heavy atom. The first kappa shape index (κ1) is 13.4. The van der Waals surface area contributed by atoms with E-state index in [-0.39, 0.29) is 11.7 Å². The first-order chi connectivity index (χ1) is 8.08. The lowest BCUT2D eigenvalue weighted by atomic mass is 10.1. The zero-order valence-electron chi connectivity index (χ0n) is 10.1. The molecule has 1 aromatic rings. The van der Waals surface area contributed by atoms with Crippen LogP contribution in [0.4, 0.5) is 11.5 Å². The summed E-state index contributed by atoms with van der Waals surface area (Å²) < 4.78 is 0. The third kappa shape index (κ3) is 3.67. The molecule has 0 aliphatic heterocycles. The predicted octanol–water partition coefficient (Wildman–Crippen LogP) is 1.84. The van der Waals surface area contributed by atoms with Gasteiger partial charge < -0.3 is 11.1 Å². The molecule has 0 bridgehead atoms. The molecule has 1 rings (SSSR count). The molecule has 1 heterocycles. The van der Waals surface area contributed by atoms with Gasteiger partial charge >= 0.3 is 5.69 Å². The van der Waals surface area contributed by atoms with Gasteiger partial charge in [-0.25, -0.2) is 4.98 Å². The fourth-order valence-electron chi connectivity index (χ4n) is 1.59. The van der Waals surface area contributed by atoms with Crippen molar-refractivity contribution in [2.75, 3.05) is 11.9 Å². The highest BCUT2D eigenvalue weighted by Crippen LogP contribution is 2.23. The number of hydrogen-bond acceptors (Lipinski definition) is 5. The number of nitrogens with two attached hydrogens (primary N) is 1. The molecule has 1 atom stereocenters. The number of pyridine rings is 1. The summed E-state index contributed by atoms with van der Waals surface area (Å²) in [5, 5.41) is 13.9. The van der Waals surface area contributed by atoms with Crippen LogP contribution in [0, 0.1) is 17.0 Å². The van der Waals surface area contributed by atoms with Crippen molar-refractivity contribution in [1.29, 1.82) is 0 Å². The average molecular weight is 238 g/mol. The number of aryl methyl sites for hydroxylation is 1. The average Bonchev–Trinajstić information content (AvgIpc) is 2.30. The molecule has 6 heteroatoms. The number of anilines is 1. The zero-order valence-corrected chi connectivity index (χ0v) is 10.1. The topological polar surface area (TPSA) is 94.1 Å². The van der Waals surface area contributed by atoms with E-state index in [2.05, 4.69) is 10.3 Å². The summed E-state index contributed by atoms with van der Waals surface area (Å²) in [6.07, 6.45) is 3.44. The van der Waals surface area contributed by atoms with E-state index in [1.54, 1.807) is 13.1 Å². The number of aromatic nitrogens is 1. The zero-order chi connectivity index (χ0) is 12.8. The lowest BCUT2D eigenvalue weighted by molar-refractivity contribution is -0.384. The lowest BCUT2D eigenvalue weighted by Gasteiger charge is -2.16. The molecule has 1 aromatic heterocycles. The van der Waals surface area contributed by atoms with E-state index < -0.39 is 4.92 Å². The molecule has 0 saturated carbocycles. The third-order valence-corrected chi connectivity index (χ3v) is 2.46. The van der Waals surface area contributed by atoms with E-state index in [0.29, 0.717) is 12.4 Å². The van der Waals surface area contributed by atoms with Gasteiger partial charge in [-0.3, -0.25) is 10.1 Å². The Morgan fingerprint density at radius 2 is 2.35 bits per heavy atom. The Kier molecular flexibility index (Phi) is 4.84. The highest BCUT2D eigenvalue weighted by molar-refractivity contribution is 5.57. The SMILES string of the molecule is CCCC(CN)Nc1ncc(C)cc1[N+](=O)[O-]. The van der Waals surface area contributed by atoms with Crippen LogP contribution >= 0.6 is 0 Å². The van der Waals surface area contributed by atoms with Gasteiger partial charge in [0.1, 0.15) is 0 Å². The maximum absolute atomic E-state index is 10.9. The Morgan fingerprint density at radius 3 is 2.88 bits per heavy atom. The fourth-order valence-corrected chi connectivity index (χ4v) is 1.59. The Balaban J connectivity index is 2.92. The molecule has 0 aromatic carbocycles. The van der Waals surface area contributed by atoms with Gasteiger partial charge in [-0.15, -0.1) is 0 Å². The molecule has 0 amide bonds. The van der Waals surface area contributed by atoms with Crippen molar-refractivity contribution in [2.24, 2.45) is 5.73 Å². The summed E-state index contributed by atoms with van der Waals surface area (Å²) in [4.78, 5) is 14.5. The smallest absolute Gasteiger partial charge is 0.311 e. The fraction of sp³-hybridized carbons (Fsp3) is 0.545. The van der Waals surface area contributed by atoms with Crippen molar-refractivity contribution < 1.29 is 4.92 Å². The molecule has 0 radical (unpaired) electrons. The highest BCUT2D eigenvalue weighted by atomic mass is 16.6. The van der Waals surface area contributed by atoms with Gasteiger partial charge in [0.15, 0.2) is 0 Å². The second-order valence-electron chi connectivity index (χ2n) is 4.00. The Hall–Kier alpha value is -1.69. The first-order valence-corrected chi connectivity index (χ1v) is 5.66. The maximum Gasteiger partial charge on any atom is 0.311 e. The largest absolute Gasteiger partial charge is 0.360 e. The molecule has 0 saturated heterocycles. The van der Waals surface area contributed by atoms with Crippen molar-refractivity contribution in [2.45, 2.75) is 32.7 Å².